The van der Waals surface area contributed by atoms with Gasteiger partial charge in [-0.25, -0.2) is 0 Å². The zero-order valence-electron chi connectivity index (χ0n) is 13.7. The molecule has 0 saturated heterocycles. The molecule has 0 atom stereocenters. The fourth-order valence-electron chi connectivity index (χ4n) is 2.40. The number of hydrogen-bond donors (Lipinski definition) is 2. The smallest absolute Gasteiger partial charge is 0.270 e. The average Bonchev–Trinajstić information content (AvgIpc) is 3.40. The molecular formula is C18H16ClN3O4. The minimum absolute atomic E-state index is 0.0207. The van der Waals surface area contributed by atoms with E-state index in [1.807, 2.05) is 0 Å². The van der Waals surface area contributed by atoms with Crippen molar-refractivity contribution in [3.8, 4) is 0 Å². The molecule has 26 heavy (non-hydrogen) atoms. The first-order valence-electron chi connectivity index (χ1n) is 8.06. The van der Waals surface area contributed by atoms with Gasteiger partial charge in [0.15, 0.2) is 0 Å². The number of halogens is 1. The van der Waals surface area contributed by atoms with Crippen molar-refractivity contribution < 1.29 is 14.5 Å². The highest BCUT2D eigenvalue weighted by Crippen LogP contribution is 2.23. The molecule has 2 aromatic rings. The van der Waals surface area contributed by atoms with Gasteiger partial charge in [-0.15, -0.1) is 0 Å². The summed E-state index contributed by atoms with van der Waals surface area (Å²) < 4.78 is 0. The number of anilines is 1. The Labute approximate surface area is 154 Å². The fraction of sp³-hybridized carbons (Fsp3) is 0.222. The van der Waals surface area contributed by atoms with E-state index in [9.17, 15) is 19.7 Å². The summed E-state index contributed by atoms with van der Waals surface area (Å²) in [6, 6.07) is 10.8. The van der Waals surface area contributed by atoms with Crippen LogP contribution in [0.4, 0.5) is 11.4 Å². The number of nitro benzene ring substituents is 1. The van der Waals surface area contributed by atoms with Crippen molar-refractivity contribution in [1.82, 2.24) is 5.32 Å². The molecule has 0 aromatic heterocycles. The third kappa shape index (κ3) is 4.58. The molecule has 0 radical (unpaired) electrons. The number of nitrogens with zero attached hydrogens (tertiary/aromatic N) is 1. The third-order valence-corrected chi connectivity index (χ3v) is 4.25. The Kier molecular flexibility index (Phi) is 5.18. The first-order valence-corrected chi connectivity index (χ1v) is 8.44. The van der Waals surface area contributed by atoms with Gasteiger partial charge in [-0.3, -0.25) is 19.7 Å². The monoisotopic (exact) mass is 373 g/mol. The van der Waals surface area contributed by atoms with E-state index in [0.29, 0.717) is 11.7 Å². The van der Waals surface area contributed by atoms with E-state index < -0.39 is 10.8 Å². The number of rotatable bonds is 6. The van der Waals surface area contributed by atoms with Gasteiger partial charge in [-0.1, -0.05) is 23.7 Å². The van der Waals surface area contributed by atoms with Crippen LogP contribution >= 0.6 is 11.6 Å². The summed E-state index contributed by atoms with van der Waals surface area (Å²) in [6.45, 7) is 0. The van der Waals surface area contributed by atoms with Gasteiger partial charge in [-0.2, -0.15) is 0 Å². The molecule has 3 rings (SSSR count). The van der Waals surface area contributed by atoms with Gasteiger partial charge in [0.1, 0.15) is 0 Å². The van der Waals surface area contributed by atoms with Gasteiger partial charge in [0.2, 0.25) is 5.91 Å². The maximum atomic E-state index is 12.3. The highest BCUT2D eigenvalue weighted by atomic mass is 35.5. The lowest BCUT2D eigenvalue weighted by atomic mass is 10.1. The quantitative estimate of drug-likeness (QED) is 0.599. The van der Waals surface area contributed by atoms with Crippen LogP contribution in [-0.4, -0.2) is 22.8 Å². The lowest BCUT2D eigenvalue weighted by molar-refractivity contribution is -0.384. The van der Waals surface area contributed by atoms with Crippen molar-refractivity contribution in [2.75, 3.05) is 5.32 Å². The Hall–Kier alpha value is -2.93. The summed E-state index contributed by atoms with van der Waals surface area (Å²) in [7, 11) is 0. The molecule has 1 aliphatic rings. The number of carbonyl (C=O) groups is 2. The molecule has 1 aliphatic carbocycles. The second kappa shape index (κ2) is 7.53. The van der Waals surface area contributed by atoms with Crippen LogP contribution in [0.1, 0.15) is 28.8 Å². The van der Waals surface area contributed by atoms with Crippen LogP contribution in [0.25, 0.3) is 0 Å². The van der Waals surface area contributed by atoms with E-state index in [0.717, 1.165) is 24.5 Å². The van der Waals surface area contributed by atoms with Crippen LogP contribution in [0.15, 0.2) is 42.5 Å². The zero-order chi connectivity index (χ0) is 18.7. The van der Waals surface area contributed by atoms with Crippen molar-refractivity contribution in [2.24, 2.45) is 0 Å². The Morgan fingerprint density at radius 1 is 1.15 bits per heavy atom. The molecule has 0 bridgehead atoms. The second-order valence-electron chi connectivity index (χ2n) is 6.09. The molecule has 2 aromatic carbocycles. The van der Waals surface area contributed by atoms with Crippen LogP contribution in [0.3, 0.4) is 0 Å². The van der Waals surface area contributed by atoms with Crippen LogP contribution in [0.5, 0.6) is 0 Å². The van der Waals surface area contributed by atoms with Gasteiger partial charge in [0.05, 0.1) is 21.9 Å². The van der Waals surface area contributed by atoms with Crippen LogP contribution in [-0.2, 0) is 11.2 Å². The van der Waals surface area contributed by atoms with Crippen molar-refractivity contribution >= 4 is 34.8 Å². The maximum absolute atomic E-state index is 12.3. The topological polar surface area (TPSA) is 101 Å². The molecule has 2 amide bonds. The molecule has 0 aliphatic heterocycles. The van der Waals surface area contributed by atoms with E-state index in [1.54, 1.807) is 24.3 Å². The Morgan fingerprint density at radius 2 is 1.85 bits per heavy atom. The summed E-state index contributed by atoms with van der Waals surface area (Å²) >= 11 is 5.96. The Bertz CT molecular complexity index is 863. The summed E-state index contributed by atoms with van der Waals surface area (Å²) in [5.41, 5.74) is 1.14. The number of amides is 2. The summed E-state index contributed by atoms with van der Waals surface area (Å²) in [5.74, 6) is -0.564. The standard InChI is InChI=1S/C18H16ClN3O4/c19-16-8-7-14(22(25)26)10-15(16)18(24)21-13-3-1-11(2-4-13)9-17(23)20-12-5-6-12/h1-4,7-8,10,12H,5-6,9H2,(H,20,23)(H,21,24). The van der Waals surface area contributed by atoms with Gasteiger partial charge < -0.3 is 10.6 Å². The van der Waals surface area contributed by atoms with Crippen molar-refractivity contribution in [3.05, 3.63) is 68.7 Å². The molecule has 8 heteroatoms. The van der Waals surface area contributed by atoms with Crippen LogP contribution in [0, 0.1) is 10.1 Å². The first-order chi connectivity index (χ1) is 12.4. The normalized spacial score (nSPS) is 13.1. The number of hydrogen-bond acceptors (Lipinski definition) is 4. The summed E-state index contributed by atoms with van der Waals surface area (Å²) in [6.07, 6.45) is 2.36. The van der Waals surface area contributed by atoms with Gasteiger partial charge in [0, 0.05) is 23.9 Å². The van der Waals surface area contributed by atoms with E-state index in [2.05, 4.69) is 10.6 Å². The lowest BCUT2D eigenvalue weighted by Crippen LogP contribution is -2.26. The predicted octanol–water partition coefficient (Wildman–Crippen LogP) is 3.32. The van der Waals surface area contributed by atoms with E-state index in [1.165, 1.54) is 12.1 Å². The Morgan fingerprint density at radius 3 is 2.46 bits per heavy atom. The zero-order valence-corrected chi connectivity index (χ0v) is 14.5. The third-order valence-electron chi connectivity index (χ3n) is 3.92. The SMILES string of the molecule is O=C(Cc1ccc(NC(=O)c2cc([N+](=O)[O-])ccc2Cl)cc1)NC1CC1. The Balaban J connectivity index is 1.65. The van der Waals surface area contributed by atoms with Crippen molar-refractivity contribution in [1.29, 1.82) is 0 Å². The number of nitrogens with one attached hydrogen (secondary N) is 2. The maximum Gasteiger partial charge on any atom is 0.270 e. The minimum Gasteiger partial charge on any atom is -0.353 e. The molecule has 0 spiro atoms. The number of nitro groups is 1. The van der Waals surface area contributed by atoms with E-state index in [-0.39, 0.29) is 28.6 Å². The second-order valence-corrected chi connectivity index (χ2v) is 6.50. The lowest BCUT2D eigenvalue weighted by Gasteiger charge is -2.08. The van der Waals surface area contributed by atoms with Crippen molar-refractivity contribution in [3.63, 3.8) is 0 Å². The average molecular weight is 374 g/mol. The fourth-order valence-corrected chi connectivity index (χ4v) is 2.60. The molecule has 2 N–H and O–H groups in total. The van der Waals surface area contributed by atoms with Gasteiger partial charge in [-0.05, 0) is 36.6 Å². The number of benzene rings is 2. The summed E-state index contributed by atoms with van der Waals surface area (Å²) in [4.78, 5) is 34.4. The van der Waals surface area contributed by atoms with Crippen LogP contribution in [0.2, 0.25) is 5.02 Å². The predicted molar refractivity (Wildman–Crippen MR) is 97.4 cm³/mol. The molecule has 134 valence electrons. The van der Waals surface area contributed by atoms with Crippen molar-refractivity contribution in [2.45, 2.75) is 25.3 Å². The van der Waals surface area contributed by atoms with Gasteiger partial charge >= 0.3 is 0 Å². The number of carbonyl (C=O) groups excluding carboxylic acids is 2. The number of non-ortho nitro benzene ring substituents is 1. The van der Waals surface area contributed by atoms with E-state index in [4.69, 9.17) is 11.6 Å². The molecule has 0 unspecified atom stereocenters. The molecule has 1 saturated carbocycles. The largest absolute Gasteiger partial charge is 0.353 e. The van der Waals surface area contributed by atoms with Gasteiger partial charge in [0.25, 0.3) is 11.6 Å². The highest BCUT2D eigenvalue weighted by molar-refractivity contribution is 6.34. The summed E-state index contributed by atoms with van der Waals surface area (Å²) in [5, 5.41) is 16.5. The highest BCUT2D eigenvalue weighted by Gasteiger charge is 2.23. The molecule has 0 heterocycles. The molecular weight excluding hydrogens is 358 g/mol. The molecule has 1 fully saturated rings. The minimum atomic E-state index is -0.589. The van der Waals surface area contributed by atoms with Crippen LogP contribution < -0.4 is 10.6 Å². The molecule has 7 nitrogen and oxygen atoms in total. The first kappa shape index (κ1) is 17.9. The van der Waals surface area contributed by atoms with E-state index >= 15 is 0 Å².